The fourth-order valence-electron chi connectivity index (χ4n) is 3.99. The highest BCUT2D eigenvalue weighted by Gasteiger charge is 2.34. The standard InChI is InChI=1S/C25H27N3O2S/c1-18-13-15-22(16-14-18)31(29,30)28-27-23-17-24(20-9-5-3-6-10-20)26-25(19(23)2)21-11-7-4-8-12-21/h3-16,19,24-26,28H,17H2,1-2H3/b27-23-/t19-,24+,25-/m0/s1. The Labute approximate surface area is 184 Å². The van der Waals surface area contributed by atoms with Crippen LogP contribution in [0.25, 0.3) is 0 Å². The molecule has 2 N–H and O–H groups in total. The minimum Gasteiger partial charge on any atom is -0.302 e. The third kappa shape index (κ3) is 4.86. The Bertz CT molecular complexity index is 1140. The van der Waals surface area contributed by atoms with E-state index in [9.17, 15) is 8.42 Å². The van der Waals surface area contributed by atoms with Crippen LogP contribution in [0.5, 0.6) is 0 Å². The third-order valence-electron chi connectivity index (χ3n) is 5.82. The minimum atomic E-state index is -3.72. The fourth-order valence-corrected chi connectivity index (χ4v) is 4.83. The quantitative estimate of drug-likeness (QED) is 0.571. The van der Waals surface area contributed by atoms with E-state index in [-0.39, 0.29) is 22.9 Å². The lowest BCUT2D eigenvalue weighted by Gasteiger charge is -2.37. The number of aryl methyl sites for hydroxylation is 1. The summed E-state index contributed by atoms with van der Waals surface area (Å²) in [4.78, 5) is 2.68. The summed E-state index contributed by atoms with van der Waals surface area (Å²) in [6.07, 6.45) is 0.630. The highest BCUT2D eigenvalue weighted by atomic mass is 32.2. The van der Waals surface area contributed by atoms with Crippen LogP contribution < -0.4 is 10.1 Å². The van der Waals surface area contributed by atoms with Gasteiger partial charge in [0.25, 0.3) is 10.0 Å². The molecule has 6 heteroatoms. The molecule has 3 aromatic carbocycles. The Hall–Kier alpha value is -2.96. The van der Waals surface area contributed by atoms with E-state index < -0.39 is 10.0 Å². The summed E-state index contributed by atoms with van der Waals surface area (Å²) in [5.41, 5.74) is 4.15. The summed E-state index contributed by atoms with van der Waals surface area (Å²) in [5, 5.41) is 8.17. The Morgan fingerprint density at radius 1 is 0.871 bits per heavy atom. The van der Waals surface area contributed by atoms with Gasteiger partial charge in [0.05, 0.1) is 4.90 Å². The van der Waals surface area contributed by atoms with Crippen LogP contribution >= 0.6 is 0 Å². The lowest BCUT2D eigenvalue weighted by Crippen LogP contribution is -2.42. The van der Waals surface area contributed by atoms with Gasteiger partial charge in [-0.2, -0.15) is 13.5 Å². The lowest BCUT2D eigenvalue weighted by atomic mass is 9.81. The van der Waals surface area contributed by atoms with Crippen molar-refractivity contribution in [1.29, 1.82) is 0 Å². The molecule has 0 radical (unpaired) electrons. The van der Waals surface area contributed by atoms with Crippen molar-refractivity contribution < 1.29 is 8.42 Å². The van der Waals surface area contributed by atoms with Crippen LogP contribution in [0.1, 0.15) is 42.1 Å². The van der Waals surface area contributed by atoms with E-state index in [0.29, 0.717) is 6.42 Å². The second-order valence-electron chi connectivity index (χ2n) is 8.02. The number of hydrazone groups is 1. The molecule has 1 saturated heterocycles. The summed E-state index contributed by atoms with van der Waals surface area (Å²) in [6, 6.07) is 27.3. The summed E-state index contributed by atoms with van der Waals surface area (Å²) >= 11 is 0. The van der Waals surface area contributed by atoms with Gasteiger partial charge in [-0.1, -0.05) is 85.3 Å². The number of rotatable bonds is 5. The molecule has 0 bridgehead atoms. The van der Waals surface area contributed by atoms with Gasteiger partial charge >= 0.3 is 0 Å². The fraction of sp³-hybridized carbons (Fsp3) is 0.240. The van der Waals surface area contributed by atoms with E-state index in [1.54, 1.807) is 24.3 Å². The predicted molar refractivity (Wildman–Crippen MR) is 124 cm³/mol. The van der Waals surface area contributed by atoms with Crippen molar-refractivity contribution in [2.45, 2.75) is 37.2 Å². The van der Waals surface area contributed by atoms with E-state index in [4.69, 9.17) is 0 Å². The molecule has 1 fully saturated rings. The first-order chi connectivity index (χ1) is 14.9. The SMILES string of the molecule is Cc1ccc(S(=O)(=O)N/N=C2/C[C@H](c3ccccc3)N[C@H](c3ccccc3)[C@H]2C)cc1. The number of nitrogens with zero attached hydrogens (tertiary/aromatic N) is 1. The Morgan fingerprint density at radius 2 is 1.45 bits per heavy atom. The van der Waals surface area contributed by atoms with Crippen molar-refractivity contribution in [1.82, 2.24) is 10.1 Å². The van der Waals surface area contributed by atoms with E-state index >= 15 is 0 Å². The highest BCUT2D eigenvalue weighted by Crippen LogP contribution is 2.35. The summed E-state index contributed by atoms with van der Waals surface area (Å²) in [5.74, 6) is 0.0306. The van der Waals surface area contributed by atoms with Crippen LogP contribution in [-0.2, 0) is 10.0 Å². The maximum absolute atomic E-state index is 12.8. The highest BCUT2D eigenvalue weighted by molar-refractivity contribution is 7.89. The molecule has 1 aliphatic rings. The van der Waals surface area contributed by atoms with Crippen LogP contribution in [-0.4, -0.2) is 14.1 Å². The zero-order valence-corrected chi connectivity index (χ0v) is 18.5. The first-order valence-electron chi connectivity index (χ1n) is 10.4. The molecule has 0 amide bonds. The molecule has 1 heterocycles. The van der Waals surface area contributed by atoms with Gasteiger partial charge in [-0.3, -0.25) is 0 Å². The van der Waals surface area contributed by atoms with Crippen molar-refractivity contribution in [3.63, 3.8) is 0 Å². The maximum Gasteiger partial charge on any atom is 0.276 e. The number of hydrogen-bond donors (Lipinski definition) is 2. The van der Waals surface area contributed by atoms with Crippen molar-refractivity contribution in [3.05, 3.63) is 102 Å². The van der Waals surface area contributed by atoms with Crippen molar-refractivity contribution >= 4 is 15.7 Å². The van der Waals surface area contributed by atoms with Crippen LogP contribution in [0.3, 0.4) is 0 Å². The second kappa shape index (κ2) is 9.04. The van der Waals surface area contributed by atoms with Crippen LogP contribution in [0.15, 0.2) is 94.9 Å². The number of piperidine rings is 1. The van der Waals surface area contributed by atoms with Gasteiger partial charge in [0.1, 0.15) is 0 Å². The van der Waals surface area contributed by atoms with E-state index in [1.807, 2.05) is 43.3 Å². The first-order valence-corrected chi connectivity index (χ1v) is 11.9. The molecule has 0 spiro atoms. The normalized spacial score (nSPS) is 22.9. The Balaban J connectivity index is 1.65. The van der Waals surface area contributed by atoms with E-state index in [1.165, 1.54) is 0 Å². The van der Waals surface area contributed by atoms with E-state index in [0.717, 1.165) is 22.4 Å². The molecule has 3 aromatic rings. The van der Waals surface area contributed by atoms with Gasteiger partial charge in [-0.15, -0.1) is 0 Å². The average Bonchev–Trinajstić information content (AvgIpc) is 2.80. The predicted octanol–water partition coefficient (Wildman–Crippen LogP) is 4.74. The largest absolute Gasteiger partial charge is 0.302 e. The van der Waals surface area contributed by atoms with Gasteiger partial charge in [0, 0.05) is 30.1 Å². The minimum absolute atomic E-state index is 0.0304. The molecular formula is C25H27N3O2S. The number of hydrogen-bond acceptors (Lipinski definition) is 4. The third-order valence-corrected chi connectivity index (χ3v) is 7.05. The van der Waals surface area contributed by atoms with Gasteiger partial charge in [0.15, 0.2) is 0 Å². The zero-order chi connectivity index (χ0) is 21.8. The smallest absolute Gasteiger partial charge is 0.276 e. The average molecular weight is 434 g/mol. The van der Waals surface area contributed by atoms with Crippen LogP contribution in [0.4, 0.5) is 0 Å². The molecule has 160 valence electrons. The number of benzene rings is 3. The summed E-state index contributed by atoms with van der Waals surface area (Å²) in [7, 11) is -3.72. The maximum atomic E-state index is 12.8. The van der Waals surface area contributed by atoms with Gasteiger partial charge in [-0.05, 0) is 30.2 Å². The molecule has 31 heavy (non-hydrogen) atoms. The second-order valence-corrected chi connectivity index (χ2v) is 9.68. The molecule has 0 saturated carbocycles. The van der Waals surface area contributed by atoms with Crippen LogP contribution in [0.2, 0.25) is 0 Å². The van der Waals surface area contributed by atoms with Gasteiger partial charge in [0.2, 0.25) is 0 Å². The number of sulfonamides is 1. The van der Waals surface area contributed by atoms with Crippen LogP contribution in [0, 0.1) is 12.8 Å². The molecule has 5 nitrogen and oxygen atoms in total. The van der Waals surface area contributed by atoms with Crippen molar-refractivity contribution in [2.75, 3.05) is 0 Å². The molecular weight excluding hydrogens is 406 g/mol. The molecule has 4 rings (SSSR count). The monoisotopic (exact) mass is 433 g/mol. The van der Waals surface area contributed by atoms with E-state index in [2.05, 4.69) is 46.4 Å². The van der Waals surface area contributed by atoms with Gasteiger partial charge < -0.3 is 5.32 Å². The molecule has 0 aliphatic carbocycles. The summed E-state index contributed by atoms with van der Waals surface area (Å²) < 4.78 is 25.5. The number of nitrogens with one attached hydrogen (secondary N) is 2. The molecule has 1 aliphatic heterocycles. The molecule has 0 aromatic heterocycles. The molecule has 3 atom stereocenters. The van der Waals surface area contributed by atoms with Crippen molar-refractivity contribution in [3.8, 4) is 0 Å². The Kier molecular flexibility index (Phi) is 6.20. The molecule has 0 unspecified atom stereocenters. The topological polar surface area (TPSA) is 70.6 Å². The first kappa shape index (κ1) is 21.3. The van der Waals surface area contributed by atoms with Gasteiger partial charge in [-0.25, -0.2) is 4.83 Å². The van der Waals surface area contributed by atoms with Crippen molar-refractivity contribution in [2.24, 2.45) is 11.0 Å². The zero-order valence-electron chi connectivity index (χ0n) is 17.7. The lowest BCUT2D eigenvalue weighted by molar-refractivity contribution is 0.363. The Morgan fingerprint density at radius 3 is 2.06 bits per heavy atom. The summed E-state index contributed by atoms with van der Waals surface area (Å²) in [6.45, 7) is 4.01.